The van der Waals surface area contributed by atoms with Crippen LogP contribution in [0.15, 0.2) is 30.1 Å². The van der Waals surface area contributed by atoms with Gasteiger partial charge in [0.1, 0.15) is 0 Å². The summed E-state index contributed by atoms with van der Waals surface area (Å²) < 4.78 is 0. The molecule has 0 spiro atoms. The number of aliphatic hydroxyl groups excluding tert-OH is 1. The third-order valence-corrected chi connectivity index (χ3v) is 9.48. The molecule has 4 aliphatic carbocycles. The second-order valence-corrected chi connectivity index (χ2v) is 10.3. The fourth-order valence-electron chi connectivity index (χ4n) is 7.62. The number of rotatable bonds is 1. The van der Waals surface area contributed by atoms with Crippen molar-refractivity contribution in [3.63, 3.8) is 0 Å². The summed E-state index contributed by atoms with van der Waals surface area (Å²) in [6, 6.07) is 1.85. The van der Waals surface area contributed by atoms with Crippen molar-refractivity contribution >= 4 is 0 Å². The SMILES string of the molecule is C[C@]12CCC(O)CC1=CC[C@@H]1[C@H]2CC[C@]2(C)C(O)(c3ccnnc3)CC[C@@]12O. The molecule has 0 amide bonds. The van der Waals surface area contributed by atoms with Crippen LogP contribution in [-0.4, -0.2) is 37.2 Å². The molecule has 0 saturated heterocycles. The van der Waals surface area contributed by atoms with Gasteiger partial charge in [-0.3, -0.25) is 0 Å². The molecule has 28 heavy (non-hydrogen) atoms. The summed E-state index contributed by atoms with van der Waals surface area (Å²) in [6.45, 7) is 4.43. The van der Waals surface area contributed by atoms with E-state index < -0.39 is 16.6 Å². The van der Waals surface area contributed by atoms with E-state index in [0.29, 0.717) is 18.8 Å². The fourth-order valence-corrected chi connectivity index (χ4v) is 7.62. The Balaban J connectivity index is 1.56. The second-order valence-electron chi connectivity index (χ2n) is 10.3. The zero-order valence-electron chi connectivity index (χ0n) is 16.9. The van der Waals surface area contributed by atoms with Gasteiger partial charge in [-0.25, -0.2) is 0 Å². The molecule has 7 atom stereocenters. The molecule has 3 saturated carbocycles. The summed E-state index contributed by atoms with van der Waals surface area (Å²) in [7, 11) is 0. The second kappa shape index (κ2) is 5.87. The monoisotopic (exact) mass is 384 g/mol. The van der Waals surface area contributed by atoms with Gasteiger partial charge in [-0.2, -0.15) is 10.2 Å². The van der Waals surface area contributed by atoms with Crippen LogP contribution < -0.4 is 0 Å². The minimum atomic E-state index is -1.07. The highest BCUT2D eigenvalue weighted by molar-refractivity contribution is 5.33. The summed E-state index contributed by atoms with van der Waals surface area (Å²) in [6.07, 6.45) is 11.8. The largest absolute Gasteiger partial charge is 0.393 e. The first-order valence-electron chi connectivity index (χ1n) is 10.8. The molecule has 0 aromatic carbocycles. The maximum Gasteiger partial charge on any atom is 0.0994 e. The van der Waals surface area contributed by atoms with Crippen LogP contribution in [0.5, 0.6) is 0 Å². The Morgan fingerprint density at radius 1 is 1.00 bits per heavy atom. The number of hydrogen-bond donors (Lipinski definition) is 3. The van der Waals surface area contributed by atoms with Gasteiger partial charge in [0.2, 0.25) is 0 Å². The third-order valence-electron chi connectivity index (χ3n) is 9.48. The number of allylic oxidation sites excluding steroid dienone is 1. The Morgan fingerprint density at radius 3 is 2.57 bits per heavy atom. The zero-order chi connectivity index (χ0) is 19.8. The van der Waals surface area contributed by atoms with E-state index in [1.54, 1.807) is 12.4 Å². The number of fused-ring (bicyclic) bond motifs is 5. The lowest BCUT2D eigenvalue weighted by Crippen LogP contribution is -2.63. The van der Waals surface area contributed by atoms with Gasteiger partial charge in [-0.1, -0.05) is 25.5 Å². The van der Waals surface area contributed by atoms with Gasteiger partial charge in [0, 0.05) is 17.2 Å². The van der Waals surface area contributed by atoms with Crippen LogP contribution in [0, 0.1) is 22.7 Å². The summed E-state index contributed by atoms with van der Waals surface area (Å²) in [5, 5.41) is 42.0. The van der Waals surface area contributed by atoms with Crippen LogP contribution in [-0.2, 0) is 5.60 Å². The smallest absolute Gasteiger partial charge is 0.0994 e. The molecule has 1 aromatic heterocycles. The van der Waals surface area contributed by atoms with Gasteiger partial charge in [-0.05, 0) is 74.7 Å². The topological polar surface area (TPSA) is 86.5 Å². The van der Waals surface area contributed by atoms with Crippen LogP contribution in [0.1, 0.15) is 70.8 Å². The predicted octanol–water partition coefficient (Wildman–Crippen LogP) is 3.10. The maximum atomic E-state index is 12.1. The molecular weight excluding hydrogens is 352 g/mol. The van der Waals surface area contributed by atoms with Gasteiger partial charge < -0.3 is 15.3 Å². The van der Waals surface area contributed by atoms with Gasteiger partial charge in [0.25, 0.3) is 0 Å². The van der Waals surface area contributed by atoms with Crippen LogP contribution in [0.4, 0.5) is 0 Å². The maximum absolute atomic E-state index is 12.1. The molecule has 4 aliphatic rings. The lowest BCUT2D eigenvalue weighted by Gasteiger charge is -2.62. The van der Waals surface area contributed by atoms with Crippen LogP contribution >= 0.6 is 0 Å². The molecule has 5 heteroatoms. The molecule has 152 valence electrons. The van der Waals surface area contributed by atoms with E-state index in [-0.39, 0.29) is 17.4 Å². The Kier molecular flexibility index (Phi) is 3.92. The van der Waals surface area contributed by atoms with E-state index >= 15 is 0 Å². The summed E-state index contributed by atoms with van der Waals surface area (Å²) >= 11 is 0. The molecule has 1 heterocycles. The number of aliphatic hydroxyl groups is 3. The summed E-state index contributed by atoms with van der Waals surface area (Å²) in [4.78, 5) is 0. The fraction of sp³-hybridized carbons (Fsp3) is 0.739. The van der Waals surface area contributed by atoms with Crippen molar-refractivity contribution < 1.29 is 15.3 Å². The zero-order valence-corrected chi connectivity index (χ0v) is 16.9. The van der Waals surface area contributed by atoms with Crippen LogP contribution in [0.25, 0.3) is 0 Å². The highest BCUT2D eigenvalue weighted by Gasteiger charge is 2.71. The first-order valence-corrected chi connectivity index (χ1v) is 10.8. The highest BCUT2D eigenvalue weighted by atomic mass is 16.3. The summed E-state index contributed by atoms with van der Waals surface area (Å²) in [5.74, 6) is 0.565. The molecule has 0 aliphatic heterocycles. The molecule has 1 aromatic rings. The number of hydrogen-bond acceptors (Lipinski definition) is 5. The van der Waals surface area contributed by atoms with E-state index in [9.17, 15) is 15.3 Å². The normalized spacial score (nSPS) is 50.3. The predicted molar refractivity (Wildman–Crippen MR) is 105 cm³/mol. The van der Waals surface area contributed by atoms with Crippen molar-refractivity contribution in [2.75, 3.05) is 0 Å². The molecule has 5 nitrogen and oxygen atoms in total. The minimum Gasteiger partial charge on any atom is -0.393 e. The molecule has 0 radical (unpaired) electrons. The van der Waals surface area contributed by atoms with Crippen LogP contribution in [0.3, 0.4) is 0 Å². The van der Waals surface area contributed by atoms with Gasteiger partial charge in [-0.15, -0.1) is 0 Å². The molecule has 0 bridgehead atoms. The van der Waals surface area contributed by atoms with Crippen molar-refractivity contribution in [1.29, 1.82) is 0 Å². The van der Waals surface area contributed by atoms with E-state index in [2.05, 4.69) is 30.1 Å². The Morgan fingerprint density at radius 2 is 1.82 bits per heavy atom. The molecule has 3 N–H and O–H groups in total. The molecule has 3 fully saturated rings. The average molecular weight is 385 g/mol. The van der Waals surface area contributed by atoms with E-state index in [0.717, 1.165) is 44.1 Å². The quantitative estimate of drug-likeness (QED) is 0.648. The lowest BCUT2D eigenvalue weighted by atomic mass is 9.45. The lowest BCUT2D eigenvalue weighted by molar-refractivity contribution is -0.218. The minimum absolute atomic E-state index is 0.0676. The van der Waals surface area contributed by atoms with Crippen molar-refractivity contribution in [3.05, 3.63) is 35.7 Å². The van der Waals surface area contributed by atoms with E-state index in [4.69, 9.17) is 0 Å². The Bertz CT molecular complexity index is 813. The highest BCUT2D eigenvalue weighted by Crippen LogP contribution is 2.70. The first-order chi connectivity index (χ1) is 13.2. The van der Waals surface area contributed by atoms with Gasteiger partial charge >= 0.3 is 0 Å². The molecule has 2 unspecified atom stereocenters. The molecular formula is C23H32N2O3. The number of nitrogens with zero attached hydrogens (tertiary/aromatic N) is 2. The van der Waals surface area contributed by atoms with Crippen LogP contribution in [0.2, 0.25) is 0 Å². The molecule has 5 rings (SSSR count). The standard InChI is InChI=1S/C23H32N2O3/c1-20-8-5-17(26)13-15(20)3-4-19-18(20)6-9-21(2)22(27,10-11-23(19,21)28)16-7-12-24-25-14-16/h3,7,12,14,17-19,26-28H,4-6,8-11,13H2,1-2H3/t17?,18-,19-,20+,21-,22?,23-/m1/s1. The summed E-state index contributed by atoms with van der Waals surface area (Å²) in [5.41, 5.74) is -0.325. The average Bonchev–Trinajstić information content (AvgIpc) is 2.91. The van der Waals surface area contributed by atoms with Crippen molar-refractivity contribution in [2.24, 2.45) is 22.7 Å². The van der Waals surface area contributed by atoms with E-state index in [1.807, 2.05) is 6.07 Å². The van der Waals surface area contributed by atoms with Gasteiger partial charge in [0.15, 0.2) is 0 Å². The van der Waals surface area contributed by atoms with Gasteiger partial charge in [0.05, 0.1) is 23.5 Å². The van der Waals surface area contributed by atoms with Crippen molar-refractivity contribution in [3.8, 4) is 0 Å². The first kappa shape index (κ1) is 18.7. The van der Waals surface area contributed by atoms with Crippen molar-refractivity contribution in [2.45, 2.75) is 82.5 Å². The third kappa shape index (κ3) is 2.13. The van der Waals surface area contributed by atoms with Crippen molar-refractivity contribution in [1.82, 2.24) is 10.2 Å². The number of aromatic nitrogens is 2. The van der Waals surface area contributed by atoms with E-state index in [1.165, 1.54) is 5.57 Å². The Hall–Kier alpha value is -1.30. The Labute approximate surface area is 166 Å².